The standard InChI is InChI=1S/C24H39NO/c1-20(2)12-13-22(23-15-18-26-24(3,4)19-23)14-17-25-16-8-11-21-9-6-5-7-10-21/h5-11,20,22-23,25H,12-19H2,1-4H3/p+1/b11-8+/t22-,23+/m0/s1. The maximum atomic E-state index is 5.95. The molecule has 0 amide bonds. The first-order valence-electron chi connectivity index (χ1n) is 10.6. The quantitative estimate of drug-likeness (QED) is 0.591. The molecule has 2 nitrogen and oxygen atoms in total. The van der Waals surface area contributed by atoms with Crippen molar-refractivity contribution in [3.8, 4) is 0 Å². The Morgan fingerprint density at radius 2 is 1.92 bits per heavy atom. The second-order valence-electron chi connectivity index (χ2n) is 9.01. The number of benzene rings is 1. The van der Waals surface area contributed by atoms with Crippen LogP contribution in [0.4, 0.5) is 0 Å². The first-order chi connectivity index (χ1) is 12.5. The van der Waals surface area contributed by atoms with Crippen LogP contribution < -0.4 is 5.32 Å². The molecule has 146 valence electrons. The Morgan fingerprint density at radius 1 is 1.15 bits per heavy atom. The van der Waals surface area contributed by atoms with E-state index in [1.807, 2.05) is 0 Å². The molecule has 2 N–H and O–H groups in total. The van der Waals surface area contributed by atoms with Gasteiger partial charge in [0.1, 0.15) is 0 Å². The molecule has 1 fully saturated rings. The van der Waals surface area contributed by atoms with Gasteiger partial charge >= 0.3 is 0 Å². The second kappa shape index (κ2) is 10.9. The van der Waals surface area contributed by atoms with Crippen LogP contribution in [-0.2, 0) is 4.74 Å². The van der Waals surface area contributed by atoms with E-state index in [2.05, 4.69) is 75.5 Å². The highest BCUT2D eigenvalue weighted by atomic mass is 16.5. The molecule has 0 radical (unpaired) electrons. The minimum absolute atomic E-state index is 0.0706. The summed E-state index contributed by atoms with van der Waals surface area (Å²) in [4.78, 5) is 0. The lowest BCUT2D eigenvalue weighted by Crippen LogP contribution is -2.84. The van der Waals surface area contributed by atoms with Crippen molar-refractivity contribution in [1.82, 2.24) is 0 Å². The number of ether oxygens (including phenoxy) is 1. The zero-order valence-corrected chi connectivity index (χ0v) is 17.4. The van der Waals surface area contributed by atoms with Gasteiger partial charge in [0.05, 0.1) is 18.7 Å². The van der Waals surface area contributed by atoms with Gasteiger partial charge in [-0.05, 0) is 68.9 Å². The van der Waals surface area contributed by atoms with E-state index in [9.17, 15) is 0 Å². The molecule has 0 spiro atoms. The molecule has 1 heterocycles. The van der Waals surface area contributed by atoms with Crippen molar-refractivity contribution < 1.29 is 10.1 Å². The summed E-state index contributed by atoms with van der Waals surface area (Å²) >= 11 is 0. The van der Waals surface area contributed by atoms with Crippen LogP contribution in [0.2, 0.25) is 0 Å². The van der Waals surface area contributed by atoms with E-state index in [0.29, 0.717) is 0 Å². The molecule has 1 aromatic rings. The molecule has 0 unspecified atom stereocenters. The maximum absolute atomic E-state index is 5.95. The molecular formula is C24H40NO+. The summed E-state index contributed by atoms with van der Waals surface area (Å²) in [5.41, 5.74) is 1.36. The number of hydrogen-bond donors (Lipinski definition) is 1. The molecule has 0 bridgehead atoms. The highest BCUT2D eigenvalue weighted by Gasteiger charge is 2.33. The summed E-state index contributed by atoms with van der Waals surface area (Å²) in [6, 6.07) is 10.6. The zero-order valence-electron chi connectivity index (χ0n) is 17.4. The van der Waals surface area contributed by atoms with Crippen molar-refractivity contribution in [3.63, 3.8) is 0 Å². The molecule has 1 aliphatic rings. The van der Waals surface area contributed by atoms with Gasteiger partial charge in [0, 0.05) is 6.61 Å². The Bertz CT molecular complexity index is 520. The number of hydrogen-bond acceptors (Lipinski definition) is 1. The fraction of sp³-hybridized carbons (Fsp3) is 0.667. The number of rotatable bonds is 10. The van der Waals surface area contributed by atoms with Crippen molar-refractivity contribution >= 4 is 6.08 Å². The Hall–Kier alpha value is -1.12. The second-order valence-corrected chi connectivity index (χ2v) is 9.01. The van der Waals surface area contributed by atoms with Crippen LogP contribution in [0.15, 0.2) is 36.4 Å². The molecule has 0 aromatic heterocycles. The SMILES string of the molecule is CC(C)CC[C@@H](CC[NH2+]C/C=C/c1ccccc1)[C@@H]1CCOC(C)(C)C1. The topological polar surface area (TPSA) is 25.8 Å². The summed E-state index contributed by atoms with van der Waals surface area (Å²) < 4.78 is 5.95. The van der Waals surface area contributed by atoms with Crippen molar-refractivity contribution in [2.45, 2.75) is 65.4 Å². The molecule has 26 heavy (non-hydrogen) atoms. The normalized spacial score (nSPS) is 21.3. The van der Waals surface area contributed by atoms with Crippen LogP contribution in [-0.4, -0.2) is 25.3 Å². The predicted molar refractivity (Wildman–Crippen MR) is 112 cm³/mol. The van der Waals surface area contributed by atoms with Crippen molar-refractivity contribution in [2.24, 2.45) is 17.8 Å². The van der Waals surface area contributed by atoms with Gasteiger partial charge in [-0.2, -0.15) is 0 Å². The first kappa shape index (κ1) is 21.2. The van der Waals surface area contributed by atoms with Crippen LogP contribution in [0.25, 0.3) is 6.08 Å². The third-order valence-electron chi connectivity index (χ3n) is 5.67. The average Bonchev–Trinajstić information content (AvgIpc) is 2.60. The van der Waals surface area contributed by atoms with E-state index < -0.39 is 0 Å². The molecule has 1 aliphatic heterocycles. The van der Waals surface area contributed by atoms with Crippen LogP contribution in [0.3, 0.4) is 0 Å². The summed E-state index contributed by atoms with van der Waals surface area (Å²) in [6.07, 6.45) is 11.1. The van der Waals surface area contributed by atoms with Gasteiger partial charge in [0.2, 0.25) is 0 Å². The Morgan fingerprint density at radius 3 is 2.62 bits per heavy atom. The number of quaternary nitrogens is 1. The molecule has 2 rings (SSSR count). The fourth-order valence-corrected chi connectivity index (χ4v) is 4.16. The lowest BCUT2D eigenvalue weighted by molar-refractivity contribution is -0.647. The fourth-order valence-electron chi connectivity index (χ4n) is 4.16. The molecule has 0 saturated carbocycles. The van der Waals surface area contributed by atoms with Crippen molar-refractivity contribution in [1.29, 1.82) is 0 Å². The Balaban J connectivity index is 1.76. The van der Waals surface area contributed by atoms with Crippen molar-refractivity contribution in [2.75, 3.05) is 19.7 Å². The first-order valence-corrected chi connectivity index (χ1v) is 10.6. The van der Waals surface area contributed by atoms with Gasteiger partial charge in [-0.1, -0.05) is 56.7 Å². The van der Waals surface area contributed by atoms with Gasteiger partial charge in [-0.3, -0.25) is 0 Å². The lowest BCUT2D eigenvalue weighted by Gasteiger charge is -2.39. The van der Waals surface area contributed by atoms with E-state index in [-0.39, 0.29) is 5.60 Å². The summed E-state index contributed by atoms with van der Waals surface area (Å²) in [7, 11) is 0. The summed E-state index contributed by atoms with van der Waals surface area (Å²) in [6.45, 7) is 12.5. The summed E-state index contributed by atoms with van der Waals surface area (Å²) in [5.74, 6) is 2.50. The van der Waals surface area contributed by atoms with Gasteiger partial charge in [0.15, 0.2) is 0 Å². The van der Waals surface area contributed by atoms with Gasteiger partial charge < -0.3 is 10.1 Å². The van der Waals surface area contributed by atoms with E-state index >= 15 is 0 Å². The number of nitrogens with two attached hydrogens (primary N) is 1. The van der Waals surface area contributed by atoms with Crippen LogP contribution in [0.5, 0.6) is 0 Å². The smallest absolute Gasteiger partial charge is 0.0945 e. The minimum atomic E-state index is 0.0706. The van der Waals surface area contributed by atoms with E-state index in [1.165, 1.54) is 44.2 Å². The van der Waals surface area contributed by atoms with E-state index in [1.54, 1.807) is 0 Å². The van der Waals surface area contributed by atoms with Gasteiger partial charge in [-0.25, -0.2) is 0 Å². The van der Waals surface area contributed by atoms with Gasteiger partial charge in [0.25, 0.3) is 0 Å². The van der Waals surface area contributed by atoms with E-state index in [0.717, 1.165) is 30.9 Å². The minimum Gasteiger partial charge on any atom is -0.376 e. The third-order valence-corrected chi connectivity index (χ3v) is 5.67. The van der Waals surface area contributed by atoms with Crippen LogP contribution in [0.1, 0.15) is 65.4 Å². The molecule has 2 heteroatoms. The molecule has 0 aliphatic carbocycles. The molecule has 1 saturated heterocycles. The average molecular weight is 359 g/mol. The Kier molecular flexibility index (Phi) is 8.87. The summed E-state index contributed by atoms with van der Waals surface area (Å²) in [5, 5.41) is 2.46. The lowest BCUT2D eigenvalue weighted by atomic mass is 9.75. The zero-order chi connectivity index (χ0) is 18.8. The monoisotopic (exact) mass is 358 g/mol. The molecule has 2 atom stereocenters. The van der Waals surface area contributed by atoms with Crippen LogP contribution in [0, 0.1) is 17.8 Å². The Labute approximate surface area is 161 Å². The van der Waals surface area contributed by atoms with E-state index in [4.69, 9.17) is 4.74 Å². The largest absolute Gasteiger partial charge is 0.376 e. The molecular weight excluding hydrogens is 318 g/mol. The highest BCUT2D eigenvalue weighted by molar-refractivity contribution is 5.48. The van der Waals surface area contributed by atoms with Crippen molar-refractivity contribution in [3.05, 3.63) is 42.0 Å². The molecule has 1 aromatic carbocycles. The third kappa shape index (κ3) is 8.05. The predicted octanol–water partition coefficient (Wildman–Crippen LogP) is 4.91. The maximum Gasteiger partial charge on any atom is 0.0945 e. The highest BCUT2D eigenvalue weighted by Crippen LogP contribution is 2.36. The van der Waals surface area contributed by atoms with Crippen LogP contribution >= 0.6 is 0 Å². The van der Waals surface area contributed by atoms with Gasteiger partial charge in [-0.15, -0.1) is 0 Å².